The van der Waals surface area contributed by atoms with Gasteiger partial charge < -0.3 is 13.9 Å². The van der Waals surface area contributed by atoms with Gasteiger partial charge in [0, 0.05) is 17.2 Å². The first-order chi connectivity index (χ1) is 15.4. The molecule has 3 aromatic carbocycles. The average molecular weight is 431 g/mol. The van der Waals surface area contributed by atoms with E-state index < -0.39 is 10.9 Å². The average Bonchev–Trinajstić information content (AvgIpc) is 2.81. The van der Waals surface area contributed by atoms with Crippen molar-refractivity contribution in [2.45, 2.75) is 6.92 Å². The highest BCUT2D eigenvalue weighted by atomic mass is 16.6. The summed E-state index contributed by atoms with van der Waals surface area (Å²) in [4.78, 5) is 36.5. The van der Waals surface area contributed by atoms with Crippen molar-refractivity contribution in [1.82, 2.24) is 0 Å². The first-order valence-corrected chi connectivity index (χ1v) is 9.57. The van der Waals surface area contributed by atoms with Crippen LogP contribution in [0.5, 0.6) is 11.5 Å². The van der Waals surface area contributed by atoms with Gasteiger partial charge in [0.05, 0.1) is 23.5 Å². The Balaban J connectivity index is 1.84. The molecule has 0 atom stereocenters. The number of fused-ring (bicyclic) bond motifs is 1. The Kier molecular flexibility index (Phi) is 5.43. The maximum absolute atomic E-state index is 13.0. The van der Waals surface area contributed by atoms with Crippen LogP contribution in [0, 0.1) is 17.0 Å². The van der Waals surface area contributed by atoms with Crippen LogP contribution in [0.2, 0.25) is 0 Å². The summed E-state index contributed by atoms with van der Waals surface area (Å²) in [5.74, 6) is -0.482. The van der Waals surface area contributed by atoms with Crippen LogP contribution in [0.3, 0.4) is 0 Å². The molecular weight excluding hydrogens is 414 g/mol. The number of nitrogens with zero attached hydrogens (tertiary/aromatic N) is 1. The van der Waals surface area contributed by atoms with Crippen LogP contribution in [-0.4, -0.2) is 18.0 Å². The van der Waals surface area contributed by atoms with Gasteiger partial charge in [-0.2, -0.15) is 0 Å². The number of benzene rings is 3. The predicted octanol–water partition coefficient (Wildman–Crippen LogP) is 4.90. The number of carbonyl (C=O) groups is 1. The zero-order valence-electron chi connectivity index (χ0n) is 17.2. The Hall–Kier alpha value is -4.46. The number of nitro benzene ring substituents is 1. The third-order valence-electron chi connectivity index (χ3n) is 4.96. The van der Waals surface area contributed by atoms with Crippen LogP contribution in [0.15, 0.2) is 75.9 Å². The highest BCUT2D eigenvalue weighted by Gasteiger charge is 2.22. The molecule has 8 heteroatoms. The molecule has 0 N–H and O–H groups in total. The zero-order valence-corrected chi connectivity index (χ0v) is 17.2. The lowest BCUT2D eigenvalue weighted by atomic mass is 10.0. The van der Waals surface area contributed by atoms with Gasteiger partial charge in [-0.1, -0.05) is 36.4 Å². The molecule has 32 heavy (non-hydrogen) atoms. The molecule has 0 saturated carbocycles. The van der Waals surface area contributed by atoms with Gasteiger partial charge in [-0.25, -0.2) is 4.79 Å². The Morgan fingerprint density at radius 2 is 1.75 bits per heavy atom. The number of methoxy groups -OCH3 is 1. The first kappa shape index (κ1) is 20.8. The molecule has 0 aliphatic carbocycles. The van der Waals surface area contributed by atoms with E-state index >= 15 is 0 Å². The normalized spacial score (nSPS) is 10.7. The van der Waals surface area contributed by atoms with E-state index in [4.69, 9.17) is 13.9 Å². The van der Waals surface area contributed by atoms with Crippen molar-refractivity contribution in [1.29, 1.82) is 0 Å². The van der Waals surface area contributed by atoms with Gasteiger partial charge in [-0.15, -0.1) is 0 Å². The highest BCUT2D eigenvalue weighted by molar-refractivity contribution is 6.03. The van der Waals surface area contributed by atoms with E-state index in [0.717, 1.165) is 6.07 Å². The molecule has 0 aliphatic heterocycles. The Labute approximate surface area is 181 Å². The summed E-state index contributed by atoms with van der Waals surface area (Å²) in [7, 11) is 1.35. The highest BCUT2D eigenvalue weighted by Crippen LogP contribution is 2.33. The van der Waals surface area contributed by atoms with Gasteiger partial charge >= 0.3 is 5.97 Å². The molecule has 0 spiro atoms. The minimum absolute atomic E-state index is 0.00494. The van der Waals surface area contributed by atoms with Gasteiger partial charge in [0.1, 0.15) is 11.3 Å². The Morgan fingerprint density at radius 1 is 1.00 bits per heavy atom. The van der Waals surface area contributed by atoms with E-state index in [1.54, 1.807) is 31.2 Å². The van der Waals surface area contributed by atoms with Crippen molar-refractivity contribution in [3.05, 3.63) is 98.2 Å². The van der Waals surface area contributed by atoms with Crippen LogP contribution >= 0.6 is 0 Å². The zero-order chi connectivity index (χ0) is 22.8. The molecule has 0 radical (unpaired) electrons. The molecule has 0 aliphatic rings. The minimum atomic E-state index is -0.847. The number of rotatable bonds is 5. The lowest BCUT2D eigenvalue weighted by Crippen LogP contribution is -2.13. The second-order valence-corrected chi connectivity index (χ2v) is 6.92. The van der Waals surface area contributed by atoms with E-state index in [-0.39, 0.29) is 39.1 Å². The molecule has 0 saturated heterocycles. The van der Waals surface area contributed by atoms with Gasteiger partial charge in [0.25, 0.3) is 5.69 Å². The summed E-state index contributed by atoms with van der Waals surface area (Å²) in [5.41, 5.74) is 0.636. The monoisotopic (exact) mass is 431 g/mol. The summed E-state index contributed by atoms with van der Waals surface area (Å²) < 4.78 is 16.6. The van der Waals surface area contributed by atoms with Gasteiger partial charge in [-0.3, -0.25) is 14.9 Å². The SMILES string of the molecule is COc1ccc([N+](=O)[O-])cc1OC(=O)c1cccc2c(=O)c(C)c(-c3ccccc3)oc12. The van der Waals surface area contributed by atoms with Crippen LogP contribution in [0.4, 0.5) is 5.69 Å². The van der Waals surface area contributed by atoms with Gasteiger partial charge in [-0.05, 0) is 25.1 Å². The van der Waals surface area contributed by atoms with Crippen LogP contribution < -0.4 is 14.9 Å². The molecule has 0 amide bonds. The molecular formula is C24H17NO7. The van der Waals surface area contributed by atoms with Crippen molar-refractivity contribution < 1.29 is 23.6 Å². The fourth-order valence-corrected chi connectivity index (χ4v) is 3.35. The summed E-state index contributed by atoms with van der Waals surface area (Å²) in [5, 5.41) is 11.3. The van der Waals surface area contributed by atoms with Crippen LogP contribution in [-0.2, 0) is 0 Å². The molecule has 0 fully saturated rings. The predicted molar refractivity (Wildman–Crippen MR) is 117 cm³/mol. The van der Waals surface area contributed by atoms with Gasteiger partial charge in [0.2, 0.25) is 0 Å². The smallest absolute Gasteiger partial charge is 0.347 e. The number of hydrogen-bond donors (Lipinski definition) is 0. The first-order valence-electron chi connectivity index (χ1n) is 9.57. The van der Waals surface area contributed by atoms with Crippen molar-refractivity contribution in [2.75, 3.05) is 7.11 Å². The molecule has 4 rings (SSSR count). The largest absolute Gasteiger partial charge is 0.493 e. The maximum atomic E-state index is 13.0. The Bertz CT molecular complexity index is 1410. The lowest BCUT2D eigenvalue weighted by molar-refractivity contribution is -0.384. The molecule has 0 bridgehead atoms. The van der Waals surface area contributed by atoms with E-state index in [0.29, 0.717) is 16.9 Å². The fraction of sp³-hybridized carbons (Fsp3) is 0.0833. The van der Waals surface area contributed by atoms with E-state index in [9.17, 15) is 19.7 Å². The van der Waals surface area contributed by atoms with E-state index in [1.807, 2.05) is 18.2 Å². The number of esters is 1. The molecule has 160 valence electrons. The van der Waals surface area contributed by atoms with Crippen molar-refractivity contribution >= 4 is 22.6 Å². The lowest BCUT2D eigenvalue weighted by Gasteiger charge is -2.11. The fourth-order valence-electron chi connectivity index (χ4n) is 3.35. The third kappa shape index (κ3) is 3.69. The van der Waals surface area contributed by atoms with Crippen LogP contribution in [0.1, 0.15) is 15.9 Å². The number of hydrogen-bond acceptors (Lipinski definition) is 7. The number of nitro groups is 1. The second-order valence-electron chi connectivity index (χ2n) is 6.92. The van der Waals surface area contributed by atoms with Crippen molar-refractivity contribution in [2.24, 2.45) is 0 Å². The molecule has 1 heterocycles. The third-order valence-corrected chi connectivity index (χ3v) is 4.96. The van der Waals surface area contributed by atoms with Gasteiger partial charge in [0.15, 0.2) is 22.5 Å². The molecule has 0 unspecified atom stereocenters. The van der Waals surface area contributed by atoms with E-state index in [1.165, 1.54) is 25.3 Å². The number of para-hydroxylation sites is 1. The Morgan fingerprint density at radius 3 is 2.44 bits per heavy atom. The molecule has 8 nitrogen and oxygen atoms in total. The maximum Gasteiger partial charge on any atom is 0.347 e. The van der Waals surface area contributed by atoms with Crippen molar-refractivity contribution in [3.8, 4) is 22.8 Å². The number of non-ortho nitro benzene ring substituents is 1. The quantitative estimate of drug-likeness (QED) is 0.191. The number of ether oxygens (including phenoxy) is 2. The second kappa shape index (κ2) is 8.35. The minimum Gasteiger partial charge on any atom is -0.493 e. The topological polar surface area (TPSA) is 109 Å². The van der Waals surface area contributed by atoms with Crippen molar-refractivity contribution in [3.63, 3.8) is 0 Å². The standard InChI is InChI=1S/C24H17NO7/c1-14-21(26)17-9-6-10-18(23(17)32-22(14)15-7-4-3-5-8-15)24(27)31-20-13-16(25(28)29)11-12-19(20)30-2/h3-13H,1-2H3. The summed E-state index contributed by atoms with van der Waals surface area (Å²) in [6, 6.07) is 17.3. The van der Waals surface area contributed by atoms with E-state index in [2.05, 4.69) is 0 Å². The summed E-state index contributed by atoms with van der Waals surface area (Å²) >= 11 is 0. The molecule has 1 aromatic heterocycles. The molecule has 4 aromatic rings. The summed E-state index contributed by atoms with van der Waals surface area (Å²) in [6.45, 7) is 1.66. The van der Waals surface area contributed by atoms with Crippen LogP contribution in [0.25, 0.3) is 22.3 Å². The summed E-state index contributed by atoms with van der Waals surface area (Å²) in [6.07, 6.45) is 0. The number of carbonyl (C=O) groups excluding carboxylic acids is 1.